The zero-order valence-corrected chi connectivity index (χ0v) is 11.7. The second kappa shape index (κ2) is 4.08. The summed E-state index contributed by atoms with van der Waals surface area (Å²) in [4.78, 5) is 11.0. The van der Waals surface area contributed by atoms with E-state index in [2.05, 4.69) is 13.5 Å². The molecule has 4 aliphatic carbocycles. The summed E-state index contributed by atoms with van der Waals surface area (Å²) in [6.45, 7) is 5.83. The molecule has 3 nitrogen and oxygen atoms in total. The normalized spacial score (nSPS) is 45.2. The SMILES string of the molecule is C=C(CC(C)C12CC3CC(CC(O)(C3)C1)C2)C(=O)O. The van der Waals surface area contributed by atoms with E-state index in [1.54, 1.807) is 0 Å². The van der Waals surface area contributed by atoms with Gasteiger partial charge in [-0.05, 0) is 68.1 Å². The van der Waals surface area contributed by atoms with Gasteiger partial charge in [0.15, 0.2) is 0 Å². The Morgan fingerprint density at radius 3 is 2.37 bits per heavy atom. The standard InChI is InChI=1S/C16H24O3/c1-10(14(17)18)3-11(2)15-5-12-4-13(6-15)8-16(19,7-12)9-15/h11-13,19H,1,3-9H2,2H3,(H,17,18). The fourth-order valence-electron chi connectivity index (χ4n) is 5.53. The van der Waals surface area contributed by atoms with Crippen molar-refractivity contribution in [2.24, 2.45) is 23.2 Å². The van der Waals surface area contributed by atoms with Crippen LogP contribution in [0.25, 0.3) is 0 Å². The van der Waals surface area contributed by atoms with Gasteiger partial charge in [0.25, 0.3) is 0 Å². The van der Waals surface area contributed by atoms with Crippen LogP contribution in [0.5, 0.6) is 0 Å². The molecule has 106 valence electrons. The molecule has 4 aliphatic rings. The highest BCUT2D eigenvalue weighted by atomic mass is 16.4. The molecule has 0 saturated heterocycles. The summed E-state index contributed by atoms with van der Waals surface area (Å²) in [6.07, 6.45) is 7.01. The number of hydrogen-bond donors (Lipinski definition) is 2. The van der Waals surface area contributed by atoms with Crippen LogP contribution in [0.2, 0.25) is 0 Å². The van der Waals surface area contributed by atoms with Crippen molar-refractivity contribution in [1.82, 2.24) is 0 Å². The molecule has 0 radical (unpaired) electrons. The van der Waals surface area contributed by atoms with Crippen molar-refractivity contribution in [3.8, 4) is 0 Å². The Hall–Kier alpha value is -0.830. The van der Waals surface area contributed by atoms with E-state index in [1.165, 1.54) is 19.3 Å². The van der Waals surface area contributed by atoms with Crippen LogP contribution in [0, 0.1) is 23.2 Å². The van der Waals surface area contributed by atoms with E-state index in [0.29, 0.717) is 29.7 Å². The van der Waals surface area contributed by atoms with Gasteiger partial charge in [-0.2, -0.15) is 0 Å². The Balaban J connectivity index is 1.79. The van der Waals surface area contributed by atoms with Gasteiger partial charge in [-0.3, -0.25) is 0 Å². The maximum atomic E-state index is 11.0. The number of carboxylic acid groups (broad SMARTS) is 1. The lowest BCUT2D eigenvalue weighted by atomic mass is 9.45. The monoisotopic (exact) mass is 264 g/mol. The average Bonchev–Trinajstić information content (AvgIpc) is 2.24. The molecule has 0 amide bonds. The number of hydrogen-bond acceptors (Lipinski definition) is 2. The molecule has 2 N–H and O–H groups in total. The van der Waals surface area contributed by atoms with Crippen molar-refractivity contribution >= 4 is 5.97 Å². The molecule has 0 heterocycles. The molecule has 3 atom stereocenters. The number of aliphatic carboxylic acids is 1. The van der Waals surface area contributed by atoms with Crippen molar-refractivity contribution in [2.75, 3.05) is 0 Å². The van der Waals surface area contributed by atoms with Crippen LogP contribution in [-0.4, -0.2) is 21.8 Å². The number of rotatable bonds is 4. The van der Waals surface area contributed by atoms with Gasteiger partial charge in [-0.15, -0.1) is 0 Å². The topological polar surface area (TPSA) is 57.5 Å². The highest BCUT2D eigenvalue weighted by Gasteiger charge is 2.58. The maximum Gasteiger partial charge on any atom is 0.330 e. The molecule has 0 aromatic heterocycles. The Bertz CT molecular complexity index is 412. The minimum atomic E-state index is -0.879. The van der Waals surface area contributed by atoms with Crippen LogP contribution in [0.3, 0.4) is 0 Å². The van der Waals surface area contributed by atoms with Crippen molar-refractivity contribution < 1.29 is 15.0 Å². The van der Waals surface area contributed by atoms with E-state index in [0.717, 1.165) is 19.3 Å². The summed E-state index contributed by atoms with van der Waals surface area (Å²) in [6, 6.07) is 0. The van der Waals surface area contributed by atoms with Crippen molar-refractivity contribution in [1.29, 1.82) is 0 Å². The van der Waals surface area contributed by atoms with E-state index in [9.17, 15) is 9.90 Å². The van der Waals surface area contributed by atoms with E-state index in [4.69, 9.17) is 5.11 Å². The molecule has 0 aromatic carbocycles. The molecular formula is C16H24O3. The maximum absolute atomic E-state index is 11.0. The first-order chi connectivity index (χ1) is 8.82. The molecule has 0 spiro atoms. The molecule has 3 heteroatoms. The van der Waals surface area contributed by atoms with Gasteiger partial charge in [0, 0.05) is 5.57 Å². The van der Waals surface area contributed by atoms with Gasteiger partial charge in [0.1, 0.15) is 0 Å². The predicted molar refractivity (Wildman–Crippen MR) is 72.6 cm³/mol. The number of carboxylic acids is 1. The van der Waals surface area contributed by atoms with Crippen LogP contribution >= 0.6 is 0 Å². The molecule has 19 heavy (non-hydrogen) atoms. The van der Waals surface area contributed by atoms with Crippen molar-refractivity contribution in [3.05, 3.63) is 12.2 Å². The van der Waals surface area contributed by atoms with Crippen LogP contribution in [0.1, 0.15) is 51.9 Å². The van der Waals surface area contributed by atoms with Crippen LogP contribution in [0.4, 0.5) is 0 Å². The lowest BCUT2D eigenvalue weighted by Crippen LogP contribution is -2.57. The van der Waals surface area contributed by atoms with E-state index in [-0.39, 0.29) is 5.41 Å². The summed E-state index contributed by atoms with van der Waals surface area (Å²) in [7, 11) is 0. The third kappa shape index (κ3) is 2.12. The van der Waals surface area contributed by atoms with Crippen LogP contribution in [0.15, 0.2) is 12.2 Å². The fraction of sp³-hybridized carbons (Fsp3) is 0.812. The van der Waals surface area contributed by atoms with Gasteiger partial charge in [-0.25, -0.2) is 4.79 Å². The van der Waals surface area contributed by atoms with Crippen molar-refractivity contribution in [2.45, 2.75) is 57.5 Å². The largest absolute Gasteiger partial charge is 0.478 e. The first-order valence-corrected chi connectivity index (χ1v) is 7.45. The second-order valence-corrected chi connectivity index (χ2v) is 7.56. The van der Waals surface area contributed by atoms with Gasteiger partial charge in [0.05, 0.1) is 5.60 Å². The molecule has 0 aliphatic heterocycles. The lowest BCUT2D eigenvalue weighted by molar-refractivity contribution is -0.179. The smallest absolute Gasteiger partial charge is 0.330 e. The summed E-state index contributed by atoms with van der Waals surface area (Å²) in [5, 5.41) is 19.7. The highest BCUT2D eigenvalue weighted by Crippen LogP contribution is 2.64. The summed E-state index contributed by atoms with van der Waals surface area (Å²) >= 11 is 0. The molecule has 4 saturated carbocycles. The Morgan fingerprint density at radius 2 is 1.89 bits per heavy atom. The van der Waals surface area contributed by atoms with Gasteiger partial charge < -0.3 is 10.2 Å². The number of aliphatic hydroxyl groups is 1. The first kappa shape index (κ1) is 13.2. The molecule has 3 unspecified atom stereocenters. The molecule has 0 aromatic rings. The van der Waals surface area contributed by atoms with Crippen molar-refractivity contribution in [3.63, 3.8) is 0 Å². The summed E-state index contributed by atoms with van der Waals surface area (Å²) in [5.41, 5.74) is 0.0235. The Kier molecular flexibility index (Phi) is 2.83. The van der Waals surface area contributed by atoms with Gasteiger partial charge in [0.2, 0.25) is 0 Å². The number of carbonyl (C=O) groups is 1. The highest BCUT2D eigenvalue weighted by molar-refractivity contribution is 5.85. The first-order valence-electron chi connectivity index (χ1n) is 7.45. The predicted octanol–water partition coefficient (Wildman–Crippen LogP) is 2.98. The summed E-state index contributed by atoms with van der Waals surface area (Å²) < 4.78 is 0. The third-order valence-electron chi connectivity index (χ3n) is 5.98. The molecule has 4 rings (SSSR count). The lowest BCUT2D eigenvalue weighted by Gasteiger charge is -2.62. The zero-order valence-electron chi connectivity index (χ0n) is 11.7. The van der Waals surface area contributed by atoms with Gasteiger partial charge in [-0.1, -0.05) is 13.5 Å². The molecule has 4 fully saturated rings. The minimum absolute atomic E-state index is 0.164. The minimum Gasteiger partial charge on any atom is -0.478 e. The Morgan fingerprint density at radius 1 is 1.32 bits per heavy atom. The van der Waals surface area contributed by atoms with E-state index in [1.807, 2.05) is 0 Å². The van der Waals surface area contributed by atoms with E-state index >= 15 is 0 Å². The van der Waals surface area contributed by atoms with Gasteiger partial charge >= 0.3 is 5.97 Å². The third-order valence-corrected chi connectivity index (χ3v) is 5.98. The van der Waals surface area contributed by atoms with Crippen LogP contribution in [-0.2, 0) is 4.79 Å². The molecule has 4 bridgehead atoms. The average molecular weight is 264 g/mol. The van der Waals surface area contributed by atoms with Crippen LogP contribution < -0.4 is 0 Å². The Labute approximate surface area is 114 Å². The quantitative estimate of drug-likeness (QED) is 0.767. The fourth-order valence-corrected chi connectivity index (χ4v) is 5.53. The second-order valence-electron chi connectivity index (χ2n) is 7.56. The summed E-state index contributed by atoms with van der Waals surface area (Å²) in [5.74, 6) is 0.752. The van der Waals surface area contributed by atoms with E-state index < -0.39 is 11.6 Å². The molecular weight excluding hydrogens is 240 g/mol. The zero-order chi connectivity index (χ0) is 13.8.